The lowest BCUT2D eigenvalue weighted by Crippen LogP contribution is -2.36. The van der Waals surface area contributed by atoms with Gasteiger partial charge in [0.15, 0.2) is 0 Å². The Kier molecular flexibility index (Phi) is 5.30. The van der Waals surface area contributed by atoms with Crippen LogP contribution in [0.4, 0.5) is 9.18 Å². The summed E-state index contributed by atoms with van der Waals surface area (Å²) in [6.07, 6.45) is 0.347. The SMILES string of the molecule is CC(C)(C)OC(=O)N1CCC(C(=O)Cc2ccc(Cl)c(F)c2)C1. The minimum Gasteiger partial charge on any atom is -0.444 e. The van der Waals surface area contributed by atoms with E-state index in [1.165, 1.54) is 12.1 Å². The number of ketones is 1. The third kappa shape index (κ3) is 4.93. The van der Waals surface area contributed by atoms with Crippen molar-refractivity contribution >= 4 is 23.5 Å². The smallest absolute Gasteiger partial charge is 0.410 e. The highest BCUT2D eigenvalue weighted by Gasteiger charge is 2.33. The van der Waals surface area contributed by atoms with Gasteiger partial charge < -0.3 is 9.64 Å². The first-order valence-corrected chi connectivity index (χ1v) is 7.98. The van der Waals surface area contributed by atoms with Crippen molar-refractivity contribution in [2.24, 2.45) is 5.92 Å². The largest absolute Gasteiger partial charge is 0.444 e. The quantitative estimate of drug-likeness (QED) is 0.839. The summed E-state index contributed by atoms with van der Waals surface area (Å²) in [6.45, 7) is 6.26. The Hall–Kier alpha value is -1.62. The molecule has 0 N–H and O–H groups in total. The molecule has 0 radical (unpaired) electrons. The van der Waals surface area contributed by atoms with Crippen molar-refractivity contribution in [3.05, 3.63) is 34.6 Å². The maximum absolute atomic E-state index is 13.4. The number of likely N-dealkylation sites (tertiary alicyclic amines) is 1. The lowest BCUT2D eigenvalue weighted by atomic mass is 9.97. The lowest BCUT2D eigenvalue weighted by Gasteiger charge is -2.24. The number of halogens is 2. The van der Waals surface area contributed by atoms with E-state index in [1.807, 2.05) is 0 Å². The van der Waals surface area contributed by atoms with E-state index >= 15 is 0 Å². The molecule has 23 heavy (non-hydrogen) atoms. The van der Waals surface area contributed by atoms with Crippen molar-refractivity contribution in [3.8, 4) is 0 Å². The van der Waals surface area contributed by atoms with Crippen LogP contribution in [0.5, 0.6) is 0 Å². The van der Waals surface area contributed by atoms with E-state index in [2.05, 4.69) is 0 Å². The number of ether oxygens (including phenoxy) is 1. The highest BCUT2D eigenvalue weighted by atomic mass is 35.5. The first-order chi connectivity index (χ1) is 10.7. The van der Waals surface area contributed by atoms with Gasteiger partial charge in [-0.1, -0.05) is 17.7 Å². The highest BCUT2D eigenvalue weighted by molar-refractivity contribution is 6.30. The van der Waals surface area contributed by atoms with Gasteiger partial charge in [0.05, 0.1) is 5.02 Å². The monoisotopic (exact) mass is 341 g/mol. The van der Waals surface area contributed by atoms with Gasteiger partial charge in [-0.25, -0.2) is 9.18 Å². The zero-order chi connectivity index (χ0) is 17.2. The van der Waals surface area contributed by atoms with Crippen LogP contribution in [0.1, 0.15) is 32.8 Å². The molecule has 0 aliphatic carbocycles. The standard InChI is InChI=1S/C17H21ClFNO3/c1-17(2,3)23-16(22)20-7-6-12(10-20)15(21)9-11-4-5-13(18)14(19)8-11/h4-5,8,12H,6-7,9-10H2,1-3H3. The third-order valence-corrected chi connectivity index (χ3v) is 3.96. The Morgan fingerprint density at radius 3 is 2.70 bits per heavy atom. The average molecular weight is 342 g/mol. The van der Waals surface area contributed by atoms with Crippen LogP contribution in [0, 0.1) is 11.7 Å². The molecule has 0 saturated carbocycles. The summed E-state index contributed by atoms with van der Waals surface area (Å²) in [4.78, 5) is 25.9. The minimum atomic E-state index is -0.556. The Morgan fingerprint density at radius 2 is 2.09 bits per heavy atom. The van der Waals surface area contributed by atoms with E-state index < -0.39 is 17.5 Å². The average Bonchev–Trinajstić information content (AvgIpc) is 2.91. The molecule has 1 saturated heterocycles. The summed E-state index contributed by atoms with van der Waals surface area (Å²) < 4.78 is 18.7. The van der Waals surface area contributed by atoms with Crippen LogP contribution < -0.4 is 0 Å². The zero-order valence-corrected chi connectivity index (χ0v) is 14.3. The molecule has 1 aromatic rings. The minimum absolute atomic E-state index is 0.00205. The number of hydrogen-bond acceptors (Lipinski definition) is 3. The Labute approximate surface area is 140 Å². The van der Waals surface area contributed by atoms with E-state index in [4.69, 9.17) is 16.3 Å². The molecule has 1 aromatic carbocycles. The van der Waals surface area contributed by atoms with Crippen molar-refractivity contribution in [1.82, 2.24) is 4.90 Å². The molecular weight excluding hydrogens is 321 g/mol. The maximum atomic E-state index is 13.4. The van der Waals surface area contributed by atoms with Gasteiger partial charge in [0.1, 0.15) is 17.2 Å². The molecule has 0 bridgehead atoms. The van der Waals surface area contributed by atoms with Crippen LogP contribution in [-0.2, 0) is 16.0 Å². The van der Waals surface area contributed by atoms with Crippen molar-refractivity contribution in [3.63, 3.8) is 0 Å². The van der Waals surface area contributed by atoms with Gasteiger partial charge in [-0.15, -0.1) is 0 Å². The maximum Gasteiger partial charge on any atom is 0.410 e. The summed E-state index contributed by atoms with van der Waals surface area (Å²) in [7, 11) is 0. The summed E-state index contributed by atoms with van der Waals surface area (Å²) >= 11 is 5.63. The van der Waals surface area contributed by atoms with E-state index in [1.54, 1.807) is 31.7 Å². The molecule has 126 valence electrons. The molecule has 1 amide bonds. The fourth-order valence-electron chi connectivity index (χ4n) is 2.51. The summed E-state index contributed by atoms with van der Waals surface area (Å²) in [5.74, 6) is -0.766. The fraction of sp³-hybridized carbons (Fsp3) is 0.529. The van der Waals surface area contributed by atoms with Crippen molar-refractivity contribution in [2.45, 2.75) is 39.2 Å². The number of benzene rings is 1. The van der Waals surface area contributed by atoms with Gasteiger partial charge in [-0.2, -0.15) is 0 Å². The summed E-state index contributed by atoms with van der Waals surface area (Å²) in [5, 5.41) is 0.0400. The molecule has 1 unspecified atom stereocenters. The van der Waals surface area contributed by atoms with E-state index in [0.29, 0.717) is 25.1 Å². The van der Waals surface area contributed by atoms with Crippen molar-refractivity contribution in [2.75, 3.05) is 13.1 Å². The fourth-order valence-corrected chi connectivity index (χ4v) is 2.63. The summed E-state index contributed by atoms with van der Waals surface area (Å²) in [6, 6.07) is 4.37. The number of nitrogens with zero attached hydrogens (tertiary/aromatic N) is 1. The van der Waals surface area contributed by atoms with Crippen LogP contribution in [0.15, 0.2) is 18.2 Å². The lowest BCUT2D eigenvalue weighted by molar-refractivity contribution is -0.121. The normalized spacial score (nSPS) is 18.1. The molecule has 4 nitrogen and oxygen atoms in total. The molecule has 1 heterocycles. The van der Waals surface area contributed by atoms with Gasteiger partial charge in [-0.05, 0) is 44.9 Å². The van der Waals surface area contributed by atoms with Crippen LogP contribution >= 0.6 is 11.6 Å². The Bertz CT molecular complexity index is 612. The third-order valence-electron chi connectivity index (χ3n) is 3.66. The van der Waals surface area contributed by atoms with Crippen LogP contribution in [-0.4, -0.2) is 35.5 Å². The summed E-state index contributed by atoms with van der Waals surface area (Å²) in [5.41, 5.74) is 0.0348. The number of carbonyl (C=O) groups is 2. The Balaban J connectivity index is 1.92. The first kappa shape index (κ1) is 17.7. The molecule has 1 aliphatic rings. The second-order valence-electron chi connectivity index (χ2n) is 6.80. The van der Waals surface area contributed by atoms with Gasteiger partial charge >= 0.3 is 6.09 Å². The molecule has 1 fully saturated rings. The highest BCUT2D eigenvalue weighted by Crippen LogP contribution is 2.22. The van der Waals surface area contributed by atoms with E-state index in [9.17, 15) is 14.0 Å². The molecule has 2 rings (SSSR count). The topological polar surface area (TPSA) is 46.6 Å². The van der Waals surface area contributed by atoms with Crippen LogP contribution in [0.2, 0.25) is 5.02 Å². The van der Waals surface area contributed by atoms with Gasteiger partial charge in [-0.3, -0.25) is 4.79 Å². The number of amides is 1. The molecule has 6 heteroatoms. The van der Waals surface area contributed by atoms with Gasteiger partial charge in [0.25, 0.3) is 0 Å². The van der Waals surface area contributed by atoms with E-state index in [-0.39, 0.29) is 23.1 Å². The van der Waals surface area contributed by atoms with Crippen molar-refractivity contribution < 1.29 is 18.7 Å². The zero-order valence-electron chi connectivity index (χ0n) is 13.6. The second-order valence-corrected chi connectivity index (χ2v) is 7.21. The predicted molar refractivity (Wildman–Crippen MR) is 86.0 cm³/mol. The first-order valence-electron chi connectivity index (χ1n) is 7.60. The molecule has 0 spiro atoms. The van der Waals surface area contributed by atoms with Crippen LogP contribution in [0.3, 0.4) is 0 Å². The Morgan fingerprint density at radius 1 is 1.39 bits per heavy atom. The number of hydrogen-bond donors (Lipinski definition) is 0. The van der Waals surface area contributed by atoms with Gasteiger partial charge in [0.2, 0.25) is 0 Å². The second kappa shape index (κ2) is 6.87. The molecular formula is C17H21ClFNO3. The molecule has 1 atom stereocenters. The van der Waals surface area contributed by atoms with Crippen LogP contribution in [0.25, 0.3) is 0 Å². The molecule has 0 aromatic heterocycles. The number of Topliss-reactive ketones (excluding diaryl/α,β-unsaturated/α-hetero) is 1. The van der Waals surface area contributed by atoms with E-state index in [0.717, 1.165) is 0 Å². The molecule has 1 aliphatic heterocycles. The predicted octanol–water partition coefficient (Wildman–Crippen LogP) is 3.85. The number of carbonyl (C=O) groups excluding carboxylic acids is 2. The van der Waals surface area contributed by atoms with Crippen molar-refractivity contribution in [1.29, 1.82) is 0 Å². The van der Waals surface area contributed by atoms with Gasteiger partial charge in [0, 0.05) is 25.4 Å². The number of rotatable bonds is 3.